The Morgan fingerprint density at radius 1 is 1.00 bits per heavy atom. The molecule has 20 heavy (non-hydrogen) atoms. The van der Waals surface area contributed by atoms with Crippen LogP contribution in [-0.4, -0.2) is 0 Å². The zero-order valence-corrected chi connectivity index (χ0v) is 16.4. The average Bonchev–Trinajstić information content (AvgIpc) is 2.44. The van der Waals surface area contributed by atoms with Crippen LogP contribution in [0.3, 0.4) is 0 Å². The molecule has 124 valence electrons. The van der Waals surface area contributed by atoms with Gasteiger partial charge in [-0.05, 0) is 18.8 Å². The van der Waals surface area contributed by atoms with Crippen molar-refractivity contribution >= 4 is 0 Å². The second-order valence-electron chi connectivity index (χ2n) is 4.94. The molecule has 0 aliphatic rings. The average molecular weight is 285 g/mol. The van der Waals surface area contributed by atoms with Crippen molar-refractivity contribution in [1.29, 1.82) is 0 Å². The first-order chi connectivity index (χ1) is 9.36. The van der Waals surface area contributed by atoms with Crippen LogP contribution in [0.4, 0.5) is 0 Å². The molecule has 0 unspecified atom stereocenters. The topological polar surface area (TPSA) is 0 Å². The third kappa shape index (κ3) is 86.3. The molecule has 0 fully saturated rings. The number of hydrogen-bond acceptors (Lipinski definition) is 0. The highest BCUT2D eigenvalue weighted by molar-refractivity contribution is 4.73. The lowest BCUT2D eigenvalue weighted by molar-refractivity contribution is 0.338. The van der Waals surface area contributed by atoms with E-state index in [4.69, 9.17) is 0 Å². The van der Waals surface area contributed by atoms with E-state index in [0.717, 1.165) is 6.42 Å². The fourth-order valence-corrected chi connectivity index (χ4v) is 0.454. The molecule has 0 aromatic carbocycles. The summed E-state index contributed by atoms with van der Waals surface area (Å²) in [6.45, 7) is 24.7. The van der Waals surface area contributed by atoms with Crippen molar-refractivity contribution in [3.8, 4) is 12.3 Å². The molecule has 0 saturated heterocycles. The zero-order valence-electron chi connectivity index (χ0n) is 16.4. The molecule has 0 heteroatoms. The summed E-state index contributed by atoms with van der Waals surface area (Å²) in [5.74, 6) is 2.25. The van der Waals surface area contributed by atoms with Crippen molar-refractivity contribution in [3.63, 3.8) is 0 Å². The molecule has 0 radical (unpaired) electrons. The quantitative estimate of drug-likeness (QED) is 0.363. The molecule has 0 aliphatic carbocycles. The van der Waals surface area contributed by atoms with E-state index in [1.807, 2.05) is 19.9 Å². The highest BCUT2D eigenvalue weighted by atomic mass is 14.1. The van der Waals surface area contributed by atoms with Gasteiger partial charge in [0.2, 0.25) is 0 Å². The third-order valence-electron chi connectivity index (χ3n) is 2.41. The SMILES string of the molecule is C#CC.C=CCCC.CC.CCC.CCC(C)(C)CC. The van der Waals surface area contributed by atoms with Gasteiger partial charge in [0.05, 0.1) is 0 Å². The molecule has 0 aromatic rings. The largest absolute Gasteiger partial charge is 0.120 e. The molecule has 0 bridgehead atoms. The highest BCUT2D eigenvalue weighted by Crippen LogP contribution is 2.22. The predicted molar refractivity (Wildman–Crippen MR) is 101 cm³/mol. The van der Waals surface area contributed by atoms with Crippen LogP contribution >= 0.6 is 0 Å². The summed E-state index contributed by atoms with van der Waals surface area (Å²) in [6.07, 6.45) is 12.7. The maximum atomic E-state index is 4.60. The maximum absolute atomic E-state index is 4.60. The van der Waals surface area contributed by atoms with Gasteiger partial charge < -0.3 is 0 Å². The van der Waals surface area contributed by atoms with Crippen molar-refractivity contribution in [2.45, 2.75) is 101 Å². The number of allylic oxidation sites excluding steroid dienone is 1. The van der Waals surface area contributed by atoms with Gasteiger partial charge in [-0.3, -0.25) is 0 Å². The van der Waals surface area contributed by atoms with Gasteiger partial charge in [0, 0.05) is 0 Å². The van der Waals surface area contributed by atoms with E-state index >= 15 is 0 Å². The van der Waals surface area contributed by atoms with Crippen LogP contribution in [0.1, 0.15) is 101 Å². The van der Waals surface area contributed by atoms with Gasteiger partial charge in [0.25, 0.3) is 0 Å². The first-order valence-corrected chi connectivity index (χ1v) is 8.35. The van der Waals surface area contributed by atoms with Gasteiger partial charge in [0.1, 0.15) is 0 Å². The Bertz CT molecular complexity index is 151. The fourth-order valence-electron chi connectivity index (χ4n) is 0.454. The van der Waals surface area contributed by atoms with E-state index in [9.17, 15) is 0 Å². The molecule has 0 rings (SSSR count). The fraction of sp³-hybridized carbons (Fsp3) is 0.800. The lowest BCUT2D eigenvalue weighted by Crippen LogP contribution is -2.05. The maximum Gasteiger partial charge on any atom is -0.00297 e. The van der Waals surface area contributed by atoms with Gasteiger partial charge in [-0.25, -0.2) is 0 Å². The van der Waals surface area contributed by atoms with E-state index < -0.39 is 0 Å². The molecular formula is C20H44. The van der Waals surface area contributed by atoms with Gasteiger partial charge in [-0.1, -0.05) is 94.1 Å². The van der Waals surface area contributed by atoms with Crippen LogP contribution in [0.25, 0.3) is 0 Å². The van der Waals surface area contributed by atoms with E-state index in [1.54, 1.807) is 6.92 Å². The standard InChI is InChI=1S/C7H16.C5H10.C3H8.C3H4.C2H6/c1-5-7(3,4)6-2;1-3-5-4-2;2*1-3-2;1-2/h5-6H2,1-4H3;3H,1,4-5H2,2H3;3H2,1-2H3;1H,2H3;1-2H3. The number of rotatable bonds is 4. The summed E-state index contributed by atoms with van der Waals surface area (Å²) in [7, 11) is 0. The second-order valence-corrected chi connectivity index (χ2v) is 4.94. The van der Waals surface area contributed by atoms with E-state index in [1.165, 1.54) is 25.7 Å². The van der Waals surface area contributed by atoms with E-state index in [0.29, 0.717) is 5.41 Å². The Hall–Kier alpha value is -0.700. The summed E-state index contributed by atoms with van der Waals surface area (Å²) in [5, 5.41) is 0. The monoisotopic (exact) mass is 284 g/mol. The predicted octanol–water partition coefficient (Wildman–Crippen LogP) is 7.89. The van der Waals surface area contributed by atoms with E-state index in [2.05, 4.69) is 67.4 Å². The van der Waals surface area contributed by atoms with Crippen molar-refractivity contribution in [2.75, 3.05) is 0 Å². The normalized spacial score (nSPS) is 7.65. The molecule has 0 amide bonds. The van der Waals surface area contributed by atoms with Gasteiger partial charge in [-0.2, -0.15) is 0 Å². The molecule has 0 aromatic heterocycles. The number of hydrogen-bond donors (Lipinski definition) is 0. The Balaban J connectivity index is -0.0000000510. The minimum Gasteiger partial charge on any atom is -0.120 e. The van der Waals surface area contributed by atoms with Crippen LogP contribution in [0.5, 0.6) is 0 Å². The summed E-state index contributed by atoms with van der Waals surface area (Å²) >= 11 is 0. The molecule has 0 heterocycles. The molecule has 0 spiro atoms. The lowest BCUT2D eigenvalue weighted by atomic mass is 9.88. The van der Waals surface area contributed by atoms with Crippen molar-refractivity contribution < 1.29 is 0 Å². The molecule has 0 saturated carbocycles. The van der Waals surface area contributed by atoms with Crippen LogP contribution in [0.15, 0.2) is 12.7 Å². The van der Waals surface area contributed by atoms with Crippen LogP contribution in [0, 0.1) is 17.8 Å². The number of terminal acetylenes is 1. The molecule has 0 N–H and O–H groups in total. The summed E-state index contributed by atoms with van der Waals surface area (Å²) < 4.78 is 0. The second kappa shape index (κ2) is 36.2. The van der Waals surface area contributed by atoms with Gasteiger partial charge >= 0.3 is 0 Å². The third-order valence-corrected chi connectivity index (χ3v) is 2.41. The van der Waals surface area contributed by atoms with Crippen molar-refractivity contribution in [2.24, 2.45) is 5.41 Å². The molecular weight excluding hydrogens is 240 g/mol. The lowest BCUT2D eigenvalue weighted by Gasteiger charge is -2.18. The summed E-state index contributed by atoms with van der Waals surface area (Å²) in [4.78, 5) is 0. The van der Waals surface area contributed by atoms with Gasteiger partial charge in [-0.15, -0.1) is 18.9 Å². The molecule has 0 aliphatic heterocycles. The Kier molecular flexibility index (Phi) is 57.2. The van der Waals surface area contributed by atoms with Gasteiger partial charge in [0.15, 0.2) is 0 Å². The Morgan fingerprint density at radius 2 is 1.25 bits per heavy atom. The Morgan fingerprint density at radius 3 is 1.25 bits per heavy atom. The zero-order chi connectivity index (χ0) is 17.4. The van der Waals surface area contributed by atoms with Crippen molar-refractivity contribution in [1.82, 2.24) is 0 Å². The molecule has 0 nitrogen and oxygen atoms in total. The molecule has 0 atom stereocenters. The first kappa shape index (κ1) is 31.6. The van der Waals surface area contributed by atoms with E-state index in [-0.39, 0.29) is 0 Å². The minimum absolute atomic E-state index is 0.583. The van der Waals surface area contributed by atoms with Crippen LogP contribution in [0.2, 0.25) is 0 Å². The smallest absolute Gasteiger partial charge is 0.00297 e. The summed E-state index contributed by atoms with van der Waals surface area (Å²) in [5.41, 5.74) is 0.583. The first-order valence-electron chi connectivity index (χ1n) is 8.35. The van der Waals surface area contributed by atoms with Crippen LogP contribution < -0.4 is 0 Å². The summed E-state index contributed by atoms with van der Waals surface area (Å²) in [6, 6.07) is 0. The minimum atomic E-state index is 0.583. The van der Waals surface area contributed by atoms with Crippen molar-refractivity contribution in [3.05, 3.63) is 12.7 Å². The Labute approximate surface area is 132 Å². The van der Waals surface area contributed by atoms with Crippen LogP contribution in [-0.2, 0) is 0 Å². The number of unbranched alkanes of at least 4 members (excludes halogenated alkanes) is 1. The highest BCUT2D eigenvalue weighted by Gasteiger charge is 2.09.